The number of para-hydroxylation sites is 1. The van der Waals surface area contributed by atoms with Crippen molar-refractivity contribution < 1.29 is 9.18 Å². The molecule has 0 saturated carbocycles. The molecular weight excluding hydrogens is 509 g/mol. The zero-order chi connectivity index (χ0) is 27.7. The van der Waals surface area contributed by atoms with E-state index in [4.69, 9.17) is 12.2 Å². The van der Waals surface area contributed by atoms with Crippen LogP contribution in [0.25, 0.3) is 5.69 Å². The number of halogens is 1. The smallest absolute Gasteiger partial charge is 0.226 e. The highest BCUT2D eigenvalue weighted by molar-refractivity contribution is 7.80. The highest BCUT2D eigenvalue weighted by atomic mass is 32.1. The Morgan fingerprint density at radius 3 is 2.44 bits per heavy atom. The molecule has 2 aromatic heterocycles. The van der Waals surface area contributed by atoms with Crippen molar-refractivity contribution in [2.45, 2.75) is 46.2 Å². The van der Waals surface area contributed by atoms with E-state index in [2.05, 4.69) is 77.0 Å². The molecule has 2 N–H and O–H groups in total. The van der Waals surface area contributed by atoms with Gasteiger partial charge in [0.05, 0.1) is 23.5 Å². The number of hydrogen-bond donors (Lipinski definition) is 2. The van der Waals surface area contributed by atoms with Crippen molar-refractivity contribution in [3.05, 3.63) is 113 Å². The highest BCUT2D eigenvalue weighted by Crippen LogP contribution is 2.41. The van der Waals surface area contributed by atoms with Crippen LogP contribution in [0.1, 0.15) is 52.3 Å². The van der Waals surface area contributed by atoms with E-state index in [0.29, 0.717) is 11.7 Å². The average molecular weight is 542 g/mol. The van der Waals surface area contributed by atoms with Crippen LogP contribution in [0, 0.1) is 33.5 Å². The Morgan fingerprint density at radius 1 is 1.03 bits per heavy atom. The molecule has 200 valence electrons. The Hall–Kier alpha value is -4.04. The van der Waals surface area contributed by atoms with E-state index >= 15 is 0 Å². The molecule has 5 rings (SSSR count). The van der Waals surface area contributed by atoms with Crippen molar-refractivity contribution in [3.8, 4) is 5.69 Å². The molecular formula is C31H32FN5OS. The number of rotatable bonds is 7. The van der Waals surface area contributed by atoms with E-state index in [1.807, 2.05) is 18.2 Å². The minimum Gasteiger partial charge on any atom is -0.352 e. The van der Waals surface area contributed by atoms with Crippen molar-refractivity contribution in [2.75, 3.05) is 11.9 Å². The number of amides is 1. The second-order valence-corrected chi connectivity index (χ2v) is 10.5. The second-order valence-electron chi connectivity index (χ2n) is 10.1. The van der Waals surface area contributed by atoms with Gasteiger partial charge in [-0.3, -0.25) is 9.78 Å². The molecule has 2 aromatic carbocycles. The van der Waals surface area contributed by atoms with Gasteiger partial charge in [0.1, 0.15) is 5.82 Å². The van der Waals surface area contributed by atoms with Crippen molar-refractivity contribution in [1.29, 1.82) is 0 Å². The first kappa shape index (κ1) is 26.6. The Balaban J connectivity index is 1.49. The Labute approximate surface area is 233 Å². The maximum atomic E-state index is 14.1. The normalized spacial score (nSPS) is 16.8. The molecule has 1 fully saturated rings. The SMILES string of the molecule is Cc1cc(C)cc(-n2c(C)cc([C@H]3[C@@H](c4ccccn4)NC(=S)N3CCC(=O)Nc3ccccc3F)c2C)c1. The number of nitrogens with zero attached hydrogens (tertiary/aromatic N) is 3. The third kappa shape index (κ3) is 5.43. The maximum absolute atomic E-state index is 14.1. The fourth-order valence-corrected chi connectivity index (χ4v) is 5.88. The van der Waals surface area contributed by atoms with E-state index in [1.165, 1.54) is 17.2 Å². The van der Waals surface area contributed by atoms with Crippen LogP contribution < -0.4 is 10.6 Å². The molecule has 1 aliphatic rings. The zero-order valence-corrected chi connectivity index (χ0v) is 23.3. The van der Waals surface area contributed by atoms with Gasteiger partial charge >= 0.3 is 0 Å². The summed E-state index contributed by atoms with van der Waals surface area (Å²) in [6.07, 6.45) is 1.93. The summed E-state index contributed by atoms with van der Waals surface area (Å²) in [6, 6.07) is 20.4. The van der Waals surface area contributed by atoms with Gasteiger partial charge in [-0.1, -0.05) is 24.3 Å². The van der Waals surface area contributed by atoms with Crippen molar-refractivity contribution in [3.63, 3.8) is 0 Å². The largest absolute Gasteiger partial charge is 0.352 e. The Kier molecular flexibility index (Phi) is 7.48. The van der Waals surface area contributed by atoms with Gasteiger partial charge in [-0.05, 0) is 99.1 Å². The van der Waals surface area contributed by atoms with Crippen LogP contribution in [0.3, 0.4) is 0 Å². The van der Waals surface area contributed by atoms with Gasteiger partial charge in [-0.15, -0.1) is 0 Å². The van der Waals surface area contributed by atoms with Gasteiger partial charge in [0.15, 0.2) is 5.11 Å². The summed E-state index contributed by atoms with van der Waals surface area (Å²) >= 11 is 5.80. The van der Waals surface area contributed by atoms with Crippen molar-refractivity contribution >= 4 is 28.9 Å². The maximum Gasteiger partial charge on any atom is 0.226 e. The van der Waals surface area contributed by atoms with Crippen LogP contribution in [0.5, 0.6) is 0 Å². The molecule has 1 aliphatic heterocycles. The molecule has 0 aliphatic carbocycles. The molecule has 0 spiro atoms. The zero-order valence-electron chi connectivity index (χ0n) is 22.5. The summed E-state index contributed by atoms with van der Waals surface area (Å²) in [5.74, 6) is -0.736. The molecule has 6 nitrogen and oxygen atoms in total. The third-order valence-electron chi connectivity index (χ3n) is 7.18. The lowest BCUT2D eigenvalue weighted by Gasteiger charge is -2.28. The summed E-state index contributed by atoms with van der Waals surface area (Å²) < 4.78 is 16.4. The lowest BCUT2D eigenvalue weighted by Crippen LogP contribution is -2.33. The standard InChI is InChI=1S/C31H32FN5OS/c1-19-15-20(2)17-23(16-19)37-21(3)18-24(22(37)4)30-29(27-11-7-8-13-33-27)35-31(39)36(30)14-12-28(38)34-26-10-6-5-9-25(26)32/h5-11,13,15-18,29-30H,12,14H2,1-4H3,(H,34,38)(H,35,39)/t29-,30+/m1/s1. The van der Waals surface area contributed by atoms with Crippen LogP contribution in [0.15, 0.2) is 72.9 Å². The number of nitrogens with one attached hydrogen (secondary N) is 2. The first-order valence-electron chi connectivity index (χ1n) is 13.0. The molecule has 1 amide bonds. The fraction of sp³-hybridized carbons (Fsp3) is 0.258. The van der Waals surface area contributed by atoms with Gasteiger partial charge in [-0.2, -0.15) is 0 Å². The topological polar surface area (TPSA) is 62.2 Å². The summed E-state index contributed by atoms with van der Waals surface area (Å²) in [5.41, 5.74) is 7.91. The van der Waals surface area contributed by atoms with Crippen LogP contribution in [-0.2, 0) is 4.79 Å². The molecule has 39 heavy (non-hydrogen) atoms. The highest BCUT2D eigenvalue weighted by Gasteiger charge is 2.41. The number of aryl methyl sites for hydroxylation is 3. The van der Waals surface area contributed by atoms with Crippen LogP contribution in [0.2, 0.25) is 0 Å². The molecule has 4 aromatic rings. The third-order valence-corrected chi connectivity index (χ3v) is 7.53. The van der Waals surface area contributed by atoms with E-state index in [0.717, 1.165) is 28.3 Å². The molecule has 0 bridgehead atoms. The predicted octanol–water partition coefficient (Wildman–Crippen LogP) is 6.25. The number of hydrogen-bond acceptors (Lipinski definition) is 3. The second kappa shape index (κ2) is 11.0. The summed E-state index contributed by atoms with van der Waals surface area (Å²) in [5, 5.41) is 6.70. The fourth-order valence-electron chi connectivity index (χ4n) is 5.55. The molecule has 0 radical (unpaired) electrons. The number of carbonyl (C=O) groups excluding carboxylic acids is 1. The van der Waals surface area contributed by atoms with Gasteiger partial charge in [-0.25, -0.2) is 4.39 Å². The van der Waals surface area contributed by atoms with E-state index < -0.39 is 5.82 Å². The minimum absolute atomic E-state index is 0.150. The van der Waals surface area contributed by atoms with Gasteiger partial charge in [0.25, 0.3) is 0 Å². The minimum atomic E-state index is -0.462. The summed E-state index contributed by atoms with van der Waals surface area (Å²) in [4.78, 5) is 19.5. The number of thiocarbonyl (C=S) groups is 1. The van der Waals surface area contributed by atoms with Gasteiger partial charge in [0.2, 0.25) is 5.91 Å². The van der Waals surface area contributed by atoms with Crippen LogP contribution in [-0.4, -0.2) is 32.0 Å². The number of carbonyl (C=O) groups is 1. The molecule has 2 atom stereocenters. The van der Waals surface area contributed by atoms with E-state index in [9.17, 15) is 9.18 Å². The van der Waals surface area contributed by atoms with Crippen molar-refractivity contribution in [2.24, 2.45) is 0 Å². The summed E-state index contributed by atoms with van der Waals surface area (Å²) in [6.45, 7) is 8.82. The van der Waals surface area contributed by atoms with E-state index in [1.54, 1.807) is 24.4 Å². The Bertz CT molecular complexity index is 1510. The number of anilines is 1. The van der Waals surface area contributed by atoms with E-state index in [-0.39, 0.29) is 30.1 Å². The number of aromatic nitrogens is 2. The molecule has 3 heterocycles. The lowest BCUT2D eigenvalue weighted by molar-refractivity contribution is -0.116. The quantitative estimate of drug-likeness (QED) is 0.271. The molecule has 0 unspecified atom stereocenters. The van der Waals surface area contributed by atoms with Crippen LogP contribution >= 0.6 is 12.2 Å². The van der Waals surface area contributed by atoms with Gasteiger partial charge < -0.3 is 20.1 Å². The monoisotopic (exact) mass is 541 g/mol. The van der Waals surface area contributed by atoms with Gasteiger partial charge in [0, 0.05) is 36.2 Å². The average Bonchev–Trinajstić information content (AvgIpc) is 3.38. The van der Waals surface area contributed by atoms with Crippen molar-refractivity contribution in [1.82, 2.24) is 19.8 Å². The predicted molar refractivity (Wildman–Crippen MR) is 157 cm³/mol. The van der Waals surface area contributed by atoms with Crippen LogP contribution in [0.4, 0.5) is 10.1 Å². The Morgan fingerprint density at radius 2 is 1.74 bits per heavy atom. The molecule has 1 saturated heterocycles. The summed E-state index contributed by atoms with van der Waals surface area (Å²) in [7, 11) is 0. The first-order valence-corrected chi connectivity index (χ1v) is 13.4. The molecule has 8 heteroatoms. The number of benzene rings is 2. The first-order chi connectivity index (χ1) is 18.7. The lowest BCUT2D eigenvalue weighted by atomic mass is 9.96. The number of pyridine rings is 1.